The maximum absolute atomic E-state index is 13.6. The number of benzene rings is 1. The van der Waals surface area contributed by atoms with E-state index in [0.29, 0.717) is 28.5 Å². The van der Waals surface area contributed by atoms with Crippen LogP contribution in [0.3, 0.4) is 0 Å². The van der Waals surface area contributed by atoms with Gasteiger partial charge in [-0.3, -0.25) is 9.78 Å². The number of pyridine rings is 2. The summed E-state index contributed by atoms with van der Waals surface area (Å²) < 4.78 is 3.27. The Balaban J connectivity index is 1.48. The van der Waals surface area contributed by atoms with Crippen molar-refractivity contribution in [2.24, 2.45) is 0 Å². The number of nitrogens with one attached hydrogen (secondary N) is 2. The molecule has 5 aromatic rings. The van der Waals surface area contributed by atoms with Gasteiger partial charge >= 0.3 is 0 Å². The number of rotatable bonds is 6. The first kappa shape index (κ1) is 24.0. The highest BCUT2D eigenvalue weighted by molar-refractivity contribution is 5.77. The van der Waals surface area contributed by atoms with E-state index in [2.05, 4.69) is 32.7 Å². The molecule has 3 N–H and O–H groups in total. The Morgan fingerprint density at radius 3 is 2.74 bits per heavy atom. The lowest BCUT2D eigenvalue weighted by Crippen LogP contribution is -2.25. The van der Waals surface area contributed by atoms with E-state index in [1.165, 1.54) is 11.1 Å². The average Bonchev–Trinajstić information content (AvgIpc) is 3.19. The van der Waals surface area contributed by atoms with Crippen LogP contribution >= 0.6 is 0 Å². The van der Waals surface area contributed by atoms with E-state index in [-0.39, 0.29) is 12.1 Å². The molecule has 0 saturated heterocycles. The minimum Gasteiger partial charge on any atom is -0.384 e. The molecule has 1 aliphatic rings. The third-order valence-corrected chi connectivity index (χ3v) is 6.68. The Bertz CT molecular complexity index is 1690. The zero-order valence-corrected chi connectivity index (χ0v) is 21.2. The van der Waals surface area contributed by atoms with Gasteiger partial charge in [-0.25, -0.2) is 19.3 Å². The molecule has 0 spiro atoms. The summed E-state index contributed by atoms with van der Waals surface area (Å²) in [4.78, 5) is 31.6. The van der Waals surface area contributed by atoms with Gasteiger partial charge in [-0.2, -0.15) is 4.98 Å². The summed E-state index contributed by atoms with van der Waals surface area (Å²) in [7, 11) is 0. The van der Waals surface area contributed by atoms with Gasteiger partial charge in [0.15, 0.2) is 11.5 Å². The zero-order chi connectivity index (χ0) is 26.3. The van der Waals surface area contributed by atoms with Gasteiger partial charge < -0.3 is 15.7 Å². The van der Waals surface area contributed by atoms with Gasteiger partial charge in [0, 0.05) is 30.8 Å². The lowest BCUT2D eigenvalue weighted by molar-refractivity contribution is 0.0738. The third kappa shape index (κ3) is 4.55. The lowest BCUT2D eigenvalue weighted by Gasteiger charge is -2.19. The maximum Gasteiger partial charge on any atom is 0.278 e. The zero-order valence-electron chi connectivity index (χ0n) is 21.2. The Labute approximate surface area is 219 Å². The van der Waals surface area contributed by atoms with Crippen LogP contribution in [-0.2, 0) is 25.1 Å². The van der Waals surface area contributed by atoms with E-state index in [1.54, 1.807) is 53.9 Å². The van der Waals surface area contributed by atoms with Gasteiger partial charge in [0.25, 0.3) is 5.56 Å². The molecule has 0 saturated carbocycles. The van der Waals surface area contributed by atoms with E-state index in [4.69, 9.17) is 9.97 Å². The van der Waals surface area contributed by atoms with Crippen LogP contribution in [0.2, 0.25) is 0 Å². The minimum atomic E-state index is -1.15. The highest BCUT2D eigenvalue weighted by Crippen LogP contribution is 2.24. The second kappa shape index (κ2) is 9.47. The highest BCUT2D eigenvalue weighted by Gasteiger charge is 2.22. The lowest BCUT2D eigenvalue weighted by atomic mass is 10.0. The molecule has 5 heterocycles. The van der Waals surface area contributed by atoms with E-state index >= 15 is 0 Å². The van der Waals surface area contributed by atoms with Gasteiger partial charge in [-0.15, -0.1) is 0 Å². The molecular formula is C28H28N8O2. The van der Waals surface area contributed by atoms with Crippen LogP contribution in [0.5, 0.6) is 0 Å². The van der Waals surface area contributed by atoms with Crippen molar-refractivity contribution in [1.29, 1.82) is 0 Å². The highest BCUT2D eigenvalue weighted by atomic mass is 16.3. The molecule has 10 heteroatoms. The average molecular weight is 509 g/mol. The van der Waals surface area contributed by atoms with Crippen LogP contribution in [0.25, 0.3) is 16.9 Å². The van der Waals surface area contributed by atoms with Crippen LogP contribution in [0.1, 0.15) is 36.2 Å². The standard InChI is InChI=1S/C28H28N8O2/c1-28(2,38)23-4-3-5-24(33-23)36-25-22(26(37)35(36)17-18-8-11-29-12-9-18)16-31-27(34-25)32-21-7-6-19-10-13-30-15-20(19)14-21/h3-9,11-12,14,16,30,38H,10,13,15,17H2,1-2H3,(H,31,32,34). The number of nitrogens with zero attached hydrogens (tertiary/aromatic N) is 6. The molecule has 0 unspecified atom stereocenters. The van der Waals surface area contributed by atoms with Crippen molar-refractivity contribution in [2.45, 2.75) is 39.0 Å². The summed E-state index contributed by atoms with van der Waals surface area (Å²) in [6, 6.07) is 15.3. The van der Waals surface area contributed by atoms with Crippen molar-refractivity contribution in [3.63, 3.8) is 0 Å². The van der Waals surface area contributed by atoms with Crippen LogP contribution in [-0.4, -0.2) is 41.0 Å². The molecule has 0 atom stereocenters. The third-order valence-electron chi connectivity index (χ3n) is 6.68. The fourth-order valence-electron chi connectivity index (χ4n) is 4.69. The molecule has 6 rings (SSSR count). The molecule has 0 bridgehead atoms. The Kier molecular flexibility index (Phi) is 5.97. The Morgan fingerprint density at radius 1 is 1.08 bits per heavy atom. The molecule has 0 radical (unpaired) electrons. The molecule has 0 aliphatic carbocycles. The van der Waals surface area contributed by atoms with Gasteiger partial charge in [0.1, 0.15) is 11.0 Å². The fourth-order valence-corrected chi connectivity index (χ4v) is 4.69. The number of hydrogen-bond acceptors (Lipinski definition) is 8. The molecule has 0 fully saturated rings. The van der Waals surface area contributed by atoms with E-state index in [0.717, 1.165) is 30.8 Å². The molecule has 38 heavy (non-hydrogen) atoms. The summed E-state index contributed by atoms with van der Waals surface area (Å²) in [6.45, 7) is 5.44. The quantitative estimate of drug-likeness (QED) is 0.320. The van der Waals surface area contributed by atoms with Gasteiger partial charge in [-0.1, -0.05) is 12.1 Å². The molecule has 10 nitrogen and oxygen atoms in total. The molecular weight excluding hydrogens is 480 g/mol. The van der Waals surface area contributed by atoms with Crippen molar-refractivity contribution in [2.75, 3.05) is 11.9 Å². The number of hydrogen-bond donors (Lipinski definition) is 3. The summed E-state index contributed by atoms with van der Waals surface area (Å²) in [5.41, 5.74) is 3.87. The van der Waals surface area contributed by atoms with E-state index < -0.39 is 5.60 Å². The van der Waals surface area contributed by atoms with Crippen LogP contribution in [0.15, 0.2) is 71.9 Å². The number of aliphatic hydroxyl groups is 1. The Morgan fingerprint density at radius 2 is 1.92 bits per heavy atom. The van der Waals surface area contributed by atoms with Crippen molar-refractivity contribution >= 4 is 22.7 Å². The van der Waals surface area contributed by atoms with Crippen molar-refractivity contribution in [3.05, 3.63) is 99.9 Å². The predicted octanol–water partition coefficient (Wildman–Crippen LogP) is 3.04. The smallest absolute Gasteiger partial charge is 0.278 e. The first-order valence-corrected chi connectivity index (χ1v) is 12.5. The number of fused-ring (bicyclic) bond motifs is 2. The molecule has 1 aromatic carbocycles. The fraction of sp³-hybridized carbons (Fsp3) is 0.250. The summed E-state index contributed by atoms with van der Waals surface area (Å²) in [6.07, 6.45) is 5.94. The largest absolute Gasteiger partial charge is 0.384 e. The van der Waals surface area contributed by atoms with E-state index in [1.807, 2.05) is 24.3 Å². The number of aromatic nitrogens is 6. The van der Waals surface area contributed by atoms with Crippen LogP contribution < -0.4 is 16.2 Å². The van der Waals surface area contributed by atoms with Gasteiger partial charge in [0.2, 0.25) is 5.95 Å². The minimum absolute atomic E-state index is 0.237. The van der Waals surface area contributed by atoms with Gasteiger partial charge in [-0.05, 0) is 79.9 Å². The predicted molar refractivity (Wildman–Crippen MR) is 145 cm³/mol. The van der Waals surface area contributed by atoms with Gasteiger partial charge in [0.05, 0.1) is 12.2 Å². The second-order valence-corrected chi connectivity index (χ2v) is 9.94. The normalized spacial score (nSPS) is 13.4. The van der Waals surface area contributed by atoms with Crippen molar-refractivity contribution in [1.82, 2.24) is 34.6 Å². The monoisotopic (exact) mass is 508 g/mol. The molecule has 192 valence electrons. The second-order valence-electron chi connectivity index (χ2n) is 9.94. The SMILES string of the molecule is CC(C)(O)c1cccc(-n2c3nc(Nc4ccc5c(c4)CNCC5)ncc3c(=O)n2Cc2ccncc2)n1. The first-order valence-electron chi connectivity index (χ1n) is 12.5. The Hall–Kier alpha value is -4.41. The van der Waals surface area contributed by atoms with E-state index in [9.17, 15) is 9.90 Å². The maximum atomic E-state index is 13.6. The van der Waals surface area contributed by atoms with Crippen LogP contribution in [0.4, 0.5) is 11.6 Å². The first-order chi connectivity index (χ1) is 18.4. The summed E-state index contributed by atoms with van der Waals surface area (Å²) in [5.74, 6) is 0.838. The number of anilines is 2. The van der Waals surface area contributed by atoms with Crippen molar-refractivity contribution in [3.8, 4) is 5.82 Å². The molecule has 4 aromatic heterocycles. The summed E-state index contributed by atoms with van der Waals surface area (Å²) in [5, 5.41) is 17.7. The van der Waals surface area contributed by atoms with Crippen molar-refractivity contribution < 1.29 is 5.11 Å². The van der Waals surface area contributed by atoms with Crippen LogP contribution in [0, 0.1) is 0 Å². The molecule has 0 amide bonds. The molecule has 1 aliphatic heterocycles. The summed E-state index contributed by atoms with van der Waals surface area (Å²) >= 11 is 0. The topological polar surface area (TPSA) is 123 Å².